The molecule has 1 heterocycles. The molecule has 18 heavy (non-hydrogen) atoms. The molecule has 0 N–H and O–H groups in total. The van der Waals surface area contributed by atoms with Crippen molar-refractivity contribution in [2.45, 2.75) is 11.3 Å². The molecule has 0 spiro atoms. The molecule has 1 aliphatic rings. The van der Waals surface area contributed by atoms with Crippen molar-refractivity contribution < 1.29 is 9.59 Å². The predicted octanol–water partition coefficient (Wildman–Crippen LogP) is 2.12. The summed E-state index contributed by atoms with van der Waals surface area (Å²) in [4.78, 5) is 25.2. The highest BCUT2D eigenvalue weighted by Crippen LogP contribution is 2.31. The first kappa shape index (κ1) is 12.4. The molecule has 2 rings (SSSR count). The van der Waals surface area contributed by atoms with Crippen LogP contribution in [0.4, 0.5) is 5.69 Å². The average Bonchev–Trinajstić information content (AvgIpc) is 2.70. The van der Waals surface area contributed by atoms with Crippen molar-refractivity contribution in [3.8, 4) is 6.07 Å². The molecule has 1 aliphatic heterocycles. The predicted molar refractivity (Wildman–Crippen MR) is 69.0 cm³/mol. The summed E-state index contributed by atoms with van der Waals surface area (Å²) in [7, 11) is 0. The van der Waals surface area contributed by atoms with Gasteiger partial charge in [-0.3, -0.25) is 9.59 Å². The molecule has 0 aliphatic carbocycles. The Balaban J connectivity index is 2.25. The fourth-order valence-electron chi connectivity index (χ4n) is 1.61. The van der Waals surface area contributed by atoms with Gasteiger partial charge in [-0.05, 0) is 12.1 Å². The van der Waals surface area contributed by atoms with Crippen molar-refractivity contribution >= 4 is 29.3 Å². The summed E-state index contributed by atoms with van der Waals surface area (Å²) in [6.07, 6.45) is 2.96. The summed E-state index contributed by atoms with van der Waals surface area (Å²) in [5, 5.41) is 8.52. The highest BCUT2D eigenvalue weighted by atomic mass is 32.2. The number of para-hydroxylation sites is 1. The van der Waals surface area contributed by atoms with E-state index in [0.29, 0.717) is 17.9 Å². The number of carbonyl (C=O) groups is 2. The number of thioether (sulfide) groups is 1. The second kappa shape index (κ2) is 5.52. The summed E-state index contributed by atoms with van der Waals surface area (Å²) < 4.78 is 0. The maximum Gasteiger partial charge on any atom is 0.258 e. The van der Waals surface area contributed by atoms with Crippen LogP contribution in [0.25, 0.3) is 0 Å². The van der Waals surface area contributed by atoms with Gasteiger partial charge in [-0.15, -0.1) is 11.8 Å². The van der Waals surface area contributed by atoms with Crippen LogP contribution >= 0.6 is 11.8 Å². The molecule has 1 aromatic carbocycles. The molecule has 0 unspecified atom stereocenters. The fraction of sp³-hybridized carbons (Fsp3) is 0.154. The minimum atomic E-state index is -0.326. The van der Waals surface area contributed by atoms with Crippen LogP contribution in [0.2, 0.25) is 0 Å². The third-order valence-corrected chi connectivity index (χ3v) is 3.45. The zero-order chi connectivity index (χ0) is 13.0. The smallest absolute Gasteiger partial charge is 0.258 e. The summed E-state index contributed by atoms with van der Waals surface area (Å²) in [6, 6.07) is 9.27. The molecule has 5 heteroatoms. The van der Waals surface area contributed by atoms with E-state index in [1.54, 1.807) is 12.1 Å². The number of carbonyl (C=O) groups excluding carboxylic acids is 2. The molecule has 0 saturated carbocycles. The number of hydrogen-bond acceptors (Lipinski definition) is 4. The zero-order valence-electron chi connectivity index (χ0n) is 9.50. The summed E-state index contributed by atoms with van der Waals surface area (Å²) in [6.45, 7) is 0. The SMILES string of the molecule is N#CCCSc1ccccc1N1C(=O)C=CC1=O. The van der Waals surface area contributed by atoms with Gasteiger partial charge in [0.15, 0.2) is 0 Å². The summed E-state index contributed by atoms with van der Waals surface area (Å²) >= 11 is 1.47. The van der Waals surface area contributed by atoms with Crippen molar-refractivity contribution in [1.82, 2.24) is 0 Å². The van der Waals surface area contributed by atoms with Gasteiger partial charge in [-0.25, -0.2) is 4.90 Å². The van der Waals surface area contributed by atoms with Crippen LogP contribution in [0.5, 0.6) is 0 Å². The highest BCUT2D eigenvalue weighted by Gasteiger charge is 2.26. The van der Waals surface area contributed by atoms with Crippen molar-refractivity contribution in [3.63, 3.8) is 0 Å². The van der Waals surface area contributed by atoms with Gasteiger partial charge in [0.25, 0.3) is 11.8 Å². The lowest BCUT2D eigenvalue weighted by atomic mass is 10.3. The van der Waals surface area contributed by atoms with Crippen LogP contribution in [0.15, 0.2) is 41.3 Å². The molecule has 1 aromatic rings. The molecule has 0 aromatic heterocycles. The van der Waals surface area contributed by atoms with E-state index < -0.39 is 0 Å². The number of amides is 2. The van der Waals surface area contributed by atoms with Gasteiger partial charge < -0.3 is 0 Å². The number of benzene rings is 1. The van der Waals surface area contributed by atoms with Crippen LogP contribution in [-0.4, -0.2) is 17.6 Å². The average molecular weight is 258 g/mol. The normalized spacial score (nSPS) is 14.1. The fourth-order valence-corrected chi connectivity index (χ4v) is 2.50. The summed E-state index contributed by atoms with van der Waals surface area (Å²) in [5.74, 6) is -0.0152. The first-order valence-corrected chi connectivity index (χ1v) is 6.37. The standard InChI is InChI=1S/C13H10N2O2S/c14-8-3-9-18-11-5-2-1-4-10(11)15-12(16)6-7-13(15)17/h1-2,4-7H,3,9H2. The molecule has 4 nitrogen and oxygen atoms in total. The number of rotatable bonds is 4. The van der Waals surface area contributed by atoms with E-state index in [2.05, 4.69) is 6.07 Å². The third-order valence-electron chi connectivity index (χ3n) is 2.39. The van der Waals surface area contributed by atoms with E-state index in [1.165, 1.54) is 23.9 Å². The largest absolute Gasteiger partial charge is 0.269 e. The van der Waals surface area contributed by atoms with E-state index in [9.17, 15) is 9.59 Å². The molecular formula is C13H10N2O2S. The Bertz CT molecular complexity index is 542. The van der Waals surface area contributed by atoms with E-state index in [0.717, 1.165) is 9.80 Å². The molecule has 90 valence electrons. The topological polar surface area (TPSA) is 61.2 Å². The number of nitriles is 1. The van der Waals surface area contributed by atoms with Crippen LogP contribution in [0, 0.1) is 11.3 Å². The van der Waals surface area contributed by atoms with Gasteiger partial charge in [0.1, 0.15) is 0 Å². The Morgan fingerprint density at radius 1 is 1.17 bits per heavy atom. The maximum atomic E-state index is 11.6. The number of nitrogens with zero attached hydrogens (tertiary/aromatic N) is 2. The molecule has 2 amide bonds. The lowest BCUT2D eigenvalue weighted by molar-refractivity contribution is -0.120. The van der Waals surface area contributed by atoms with E-state index in [4.69, 9.17) is 5.26 Å². The molecular weight excluding hydrogens is 248 g/mol. The Kier molecular flexibility index (Phi) is 3.80. The van der Waals surface area contributed by atoms with Gasteiger partial charge in [-0.1, -0.05) is 12.1 Å². The Hall–Kier alpha value is -2.06. The van der Waals surface area contributed by atoms with Crippen molar-refractivity contribution in [3.05, 3.63) is 36.4 Å². The van der Waals surface area contributed by atoms with Gasteiger partial charge in [0.2, 0.25) is 0 Å². The highest BCUT2D eigenvalue weighted by molar-refractivity contribution is 7.99. The lowest BCUT2D eigenvalue weighted by Gasteiger charge is -2.17. The second-order valence-electron chi connectivity index (χ2n) is 3.57. The van der Waals surface area contributed by atoms with Crippen molar-refractivity contribution in [2.24, 2.45) is 0 Å². The summed E-state index contributed by atoms with van der Waals surface area (Å²) in [5.41, 5.74) is 0.584. The second-order valence-corrected chi connectivity index (χ2v) is 4.71. The Morgan fingerprint density at radius 2 is 1.83 bits per heavy atom. The lowest BCUT2D eigenvalue weighted by Crippen LogP contribution is -2.29. The van der Waals surface area contributed by atoms with E-state index in [-0.39, 0.29) is 11.8 Å². The van der Waals surface area contributed by atoms with Gasteiger partial charge in [0.05, 0.1) is 11.8 Å². The Morgan fingerprint density at radius 3 is 2.50 bits per heavy atom. The molecule has 0 bridgehead atoms. The quantitative estimate of drug-likeness (QED) is 0.471. The minimum absolute atomic E-state index is 0.326. The zero-order valence-corrected chi connectivity index (χ0v) is 10.3. The Labute approximate surface area is 109 Å². The van der Waals surface area contributed by atoms with Crippen molar-refractivity contribution in [2.75, 3.05) is 10.7 Å². The first-order chi connectivity index (χ1) is 8.74. The molecule has 0 atom stereocenters. The van der Waals surface area contributed by atoms with E-state index in [1.807, 2.05) is 12.1 Å². The molecule has 0 saturated heterocycles. The van der Waals surface area contributed by atoms with Crippen LogP contribution in [-0.2, 0) is 9.59 Å². The monoisotopic (exact) mass is 258 g/mol. The van der Waals surface area contributed by atoms with Crippen LogP contribution in [0.1, 0.15) is 6.42 Å². The van der Waals surface area contributed by atoms with Gasteiger partial charge in [-0.2, -0.15) is 5.26 Å². The first-order valence-electron chi connectivity index (χ1n) is 5.39. The third kappa shape index (κ3) is 2.44. The molecule has 0 radical (unpaired) electrons. The van der Waals surface area contributed by atoms with Crippen LogP contribution in [0.3, 0.4) is 0 Å². The molecule has 0 fully saturated rings. The van der Waals surface area contributed by atoms with E-state index >= 15 is 0 Å². The number of hydrogen-bond donors (Lipinski definition) is 0. The van der Waals surface area contributed by atoms with Crippen molar-refractivity contribution in [1.29, 1.82) is 5.26 Å². The number of anilines is 1. The van der Waals surface area contributed by atoms with Gasteiger partial charge >= 0.3 is 0 Å². The minimum Gasteiger partial charge on any atom is -0.269 e. The van der Waals surface area contributed by atoms with Crippen LogP contribution < -0.4 is 4.90 Å². The number of imide groups is 1. The van der Waals surface area contributed by atoms with Gasteiger partial charge in [0, 0.05) is 29.2 Å². The maximum absolute atomic E-state index is 11.6.